The molecule has 0 amide bonds. The predicted molar refractivity (Wildman–Crippen MR) is 57.2 cm³/mol. The Labute approximate surface area is 83.5 Å². The molecular weight excluding hydrogens is 179 g/mol. The standard InChI is InChI=1S/C11H15FN2/c12-9-4-3-7-14(8-9)11-6-2-1-5-10(11)13/h1-2,5-6,9H,3-4,7-8,13H2/t9-/m1/s1. The van der Waals surface area contributed by atoms with E-state index >= 15 is 0 Å². The molecule has 1 aliphatic rings. The van der Waals surface area contributed by atoms with Crippen LogP contribution in [0.2, 0.25) is 0 Å². The summed E-state index contributed by atoms with van der Waals surface area (Å²) in [7, 11) is 0. The first-order valence-corrected chi connectivity index (χ1v) is 5.01. The molecule has 2 N–H and O–H groups in total. The molecule has 1 saturated heterocycles. The fraction of sp³-hybridized carbons (Fsp3) is 0.455. The van der Waals surface area contributed by atoms with Crippen molar-refractivity contribution >= 4 is 11.4 Å². The zero-order chi connectivity index (χ0) is 9.97. The molecule has 1 atom stereocenters. The normalized spacial score (nSPS) is 22.4. The van der Waals surface area contributed by atoms with Crippen molar-refractivity contribution in [3.05, 3.63) is 24.3 Å². The zero-order valence-electron chi connectivity index (χ0n) is 8.12. The number of nitrogens with zero attached hydrogens (tertiary/aromatic N) is 1. The molecule has 1 aliphatic heterocycles. The largest absolute Gasteiger partial charge is 0.397 e. The van der Waals surface area contributed by atoms with Gasteiger partial charge in [0.1, 0.15) is 6.17 Å². The minimum atomic E-state index is -0.705. The lowest BCUT2D eigenvalue weighted by Gasteiger charge is -2.31. The van der Waals surface area contributed by atoms with Crippen LogP contribution in [0.15, 0.2) is 24.3 Å². The van der Waals surface area contributed by atoms with Crippen molar-refractivity contribution in [2.24, 2.45) is 0 Å². The number of hydrogen-bond acceptors (Lipinski definition) is 2. The van der Waals surface area contributed by atoms with Gasteiger partial charge in [0.15, 0.2) is 0 Å². The minimum absolute atomic E-state index is 0.480. The van der Waals surface area contributed by atoms with Gasteiger partial charge in [-0.15, -0.1) is 0 Å². The minimum Gasteiger partial charge on any atom is -0.397 e. The van der Waals surface area contributed by atoms with Crippen LogP contribution in [0.25, 0.3) is 0 Å². The number of benzene rings is 1. The summed E-state index contributed by atoms with van der Waals surface area (Å²) < 4.78 is 13.2. The highest BCUT2D eigenvalue weighted by atomic mass is 19.1. The van der Waals surface area contributed by atoms with Gasteiger partial charge in [-0.25, -0.2) is 4.39 Å². The summed E-state index contributed by atoms with van der Waals surface area (Å²) >= 11 is 0. The Morgan fingerprint density at radius 3 is 2.86 bits per heavy atom. The third-order valence-electron chi connectivity index (χ3n) is 2.64. The monoisotopic (exact) mass is 194 g/mol. The van der Waals surface area contributed by atoms with Crippen LogP contribution in [-0.4, -0.2) is 19.3 Å². The molecule has 0 aromatic heterocycles. The van der Waals surface area contributed by atoms with E-state index < -0.39 is 6.17 Å². The maximum atomic E-state index is 13.2. The summed E-state index contributed by atoms with van der Waals surface area (Å²) in [6.07, 6.45) is 0.891. The van der Waals surface area contributed by atoms with Crippen molar-refractivity contribution in [1.29, 1.82) is 0 Å². The number of anilines is 2. The average Bonchev–Trinajstić information content (AvgIpc) is 2.18. The molecule has 1 heterocycles. The highest BCUT2D eigenvalue weighted by Gasteiger charge is 2.20. The molecule has 1 aromatic carbocycles. The van der Waals surface area contributed by atoms with Gasteiger partial charge < -0.3 is 10.6 Å². The highest BCUT2D eigenvalue weighted by Crippen LogP contribution is 2.26. The lowest BCUT2D eigenvalue weighted by molar-refractivity contribution is 0.287. The van der Waals surface area contributed by atoms with Crippen LogP contribution < -0.4 is 10.6 Å². The second-order valence-electron chi connectivity index (χ2n) is 3.74. The summed E-state index contributed by atoms with van der Waals surface area (Å²) in [5, 5.41) is 0. The number of piperidine rings is 1. The van der Waals surface area contributed by atoms with Crippen LogP contribution in [0, 0.1) is 0 Å². The zero-order valence-corrected chi connectivity index (χ0v) is 8.12. The Kier molecular flexibility index (Phi) is 2.57. The molecule has 14 heavy (non-hydrogen) atoms. The molecule has 2 rings (SSSR count). The first-order valence-electron chi connectivity index (χ1n) is 5.01. The second-order valence-corrected chi connectivity index (χ2v) is 3.74. The quantitative estimate of drug-likeness (QED) is 0.694. The van der Waals surface area contributed by atoms with Gasteiger partial charge >= 0.3 is 0 Å². The van der Waals surface area contributed by atoms with Gasteiger partial charge in [-0.2, -0.15) is 0 Å². The number of halogens is 1. The molecule has 0 unspecified atom stereocenters. The van der Waals surface area contributed by atoms with Crippen molar-refractivity contribution in [1.82, 2.24) is 0 Å². The van der Waals surface area contributed by atoms with E-state index in [1.165, 1.54) is 0 Å². The van der Waals surface area contributed by atoms with Crippen molar-refractivity contribution in [2.45, 2.75) is 19.0 Å². The lowest BCUT2D eigenvalue weighted by atomic mass is 10.1. The van der Waals surface area contributed by atoms with E-state index in [4.69, 9.17) is 5.73 Å². The molecule has 0 bridgehead atoms. The van der Waals surface area contributed by atoms with Crippen LogP contribution in [0.4, 0.5) is 15.8 Å². The molecule has 76 valence electrons. The van der Waals surface area contributed by atoms with E-state index in [9.17, 15) is 4.39 Å². The van der Waals surface area contributed by atoms with Crippen molar-refractivity contribution in [3.8, 4) is 0 Å². The third-order valence-corrected chi connectivity index (χ3v) is 2.64. The topological polar surface area (TPSA) is 29.3 Å². The number of rotatable bonds is 1. The predicted octanol–water partition coefficient (Wildman–Crippen LogP) is 2.21. The summed E-state index contributed by atoms with van der Waals surface area (Å²) in [6.45, 7) is 1.39. The number of para-hydroxylation sites is 2. The molecule has 0 radical (unpaired) electrons. The first-order chi connectivity index (χ1) is 6.77. The first kappa shape index (κ1) is 9.31. The number of hydrogen-bond donors (Lipinski definition) is 1. The Hall–Kier alpha value is -1.25. The second kappa shape index (κ2) is 3.86. The van der Waals surface area contributed by atoms with Crippen LogP contribution in [0.5, 0.6) is 0 Å². The Bertz CT molecular complexity index is 314. The van der Waals surface area contributed by atoms with E-state index in [1.807, 2.05) is 29.2 Å². The van der Waals surface area contributed by atoms with Crippen LogP contribution in [0.1, 0.15) is 12.8 Å². The SMILES string of the molecule is Nc1ccccc1N1CCC[C@@H](F)C1. The van der Waals surface area contributed by atoms with Gasteiger partial charge in [0.05, 0.1) is 11.4 Å². The van der Waals surface area contributed by atoms with Gasteiger partial charge in [-0.1, -0.05) is 12.1 Å². The van der Waals surface area contributed by atoms with Gasteiger partial charge in [-0.05, 0) is 25.0 Å². The van der Waals surface area contributed by atoms with E-state index in [0.29, 0.717) is 13.0 Å². The highest BCUT2D eigenvalue weighted by molar-refractivity contribution is 5.67. The summed E-state index contributed by atoms with van der Waals surface area (Å²) in [4.78, 5) is 2.03. The number of nitrogens with two attached hydrogens (primary N) is 1. The van der Waals surface area contributed by atoms with Crippen LogP contribution in [-0.2, 0) is 0 Å². The molecule has 0 spiro atoms. The maximum absolute atomic E-state index is 13.2. The van der Waals surface area contributed by atoms with Crippen molar-refractivity contribution in [3.63, 3.8) is 0 Å². The summed E-state index contributed by atoms with van der Waals surface area (Å²) in [6, 6.07) is 7.65. The third kappa shape index (κ3) is 1.81. The molecule has 0 aliphatic carbocycles. The number of alkyl halides is 1. The fourth-order valence-electron chi connectivity index (χ4n) is 1.92. The molecule has 3 heteroatoms. The van der Waals surface area contributed by atoms with Gasteiger partial charge in [0, 0.05) is 13.1 Å². The van der Waals surface area contributed by atoms with Gasteiger partial charge in [0.2, 0.25) is 0 Å². The molecular formula is C11H15FN2. The lowest BCUT2D eigenvalue weighted by Crippen LogP contribution is -2.36. The molecule has 2 nitrogen and oxygen atoms in total. The van der Waals surface area contributed by atoms with E-state index in [2.05, 4.69) is 0 Å². The van der Waals surface area contributed by atoms with E-state index in [-0.39, 0.29) is 0 Å². The molecule has 1 fully saturated rings. The molecule has 1 aromatic rings. The van der Waals surface area contributed by atoms with Crippen molar-refractivity contribution < 1.29 is 4.39 Å². The Morgan fingerprint density at radius 1 is 1.36 bits per heavy atom. The number of nitrogen functional groups attached to an aromatic ring is 1. The van der Waals surface area contributed by atoms with Crippen LogP contribution >= 0.6 is 0 Å². The summed E-state index contributed by atoms with van der Waals surface area (Å²) in [5.74, 6) is 0. The van der Waals surface area contributed by atoms with Crippen molar-refractivity contribution in [2.75, 3.05) is 23.7 Å². The van der Waals surface area contributed by atoms with Gasteiger partial charge in [0.25, 0.3) is 0 Å². The van der Waals surface area contributed by atoms with E-state index in [1.54, 1.807) is 0 Å². The molecule has 0 saturated carbocycles. The van der Waals surface area contributed by atoms with E-state index in [0.717, 1.165) is 24.3 Å². The smallest absolute Gasteiger partial charge is 0.118 e. The maximum Gasteiger partial charge on any atom is 0.118 e. The fourth-order valence-corrected chi connectivity index (χ4v) is 1.92. The summed E-state index contributed by atoms with van der Waals surface area (Å²) in [5.41, 5.74) is 7.54. The average molecular weight is 194 g/mol. The Balaban J connectivity index is 2.18. The Morgan fingerprint density at radius 2 is 2.14 bits per heavy atom. The van der Waals surface area contributed by atoms with Gasteiger partial charge in [-0.3, -0.25) is 0 Å². The van der Waals surface area contributed by atoms with Crippen LogP contribution in [0.3, 0.4) is 0 Å².